The second-order valence-electron chi connectivity index (χ2n) is 7.38. The van der Waals surface area contributed by atoms with Crippen molar-refractivity contribution in [1.82, 2.24) is 9.88 Å². The lowest BCUT2D eigenvalue weighted by molar-refractivity contribution is -0.125. The summed E-state index contributed by atoms with van der Waals surface area (Å²) in [6.45, 7) is 1.20. The van der Waals surface area contributed by atoms with E-state index in [9.17, 15) is 9.59 Å². The zero-order chi connectivity index (χ0) is 21.1. The minimum Gasteiger partial charge on any atom is -0.335 e. The zero-order valence-corrected chi connectivity index (χ0v) is 17.8. The number of nitrogens with zero attached hydrogens (tertiary/aromatic N) is 2. The van der Waals surface area contributed by atoms with Crippen molar-refractivity contribution in [3.05, 3.63) is 69.3 Å². The molecular weight excluding hydrogens is 421 g/mol. The van der Waals surface area contributed by atoms with E-state index in [4.69, 9.17) is 23.2 Å². The van der Waals surface area contributed by atoms with Crippen molar-refractivity contribution >= 4 is 52.5 Å². The highest BCUT2D eigenvalue weighted by atomic mass is 35.5. The number of fused-ring (bicyclic) bond motifs is 1. The Morgan fingerprint density at radius 1 is 1.20 bits per heavy atom. The van der Waals surface area contributed by atoms with Crippen LogP contribution in [0, 0.1) is 0 Å². The lowest BCUT2D eigenvalue weighted by Gasteiger charge is -2.17. The molecule has 1 aromatic carbocycles. The Hall–Kier alpha value is -2.63. The summed E-state index contributed by atoms with van der Waals surface area (Å²) >= 11 is 12.5. The smallest absolute Gasteiger partial charge is 0.246 e. The van der Waals surface area contributed by atoms with Crippen LogP contribution in [0.25, 0.3) is 11.6 Å². The van der Waals surface area contributed by atoms with Crippen molar-refractivity contribution in [1.29, 1.82) is 0 Å². The number of hydrogen-bond acceptors (Lipinski definition) is 3. The first kappa shape index (κ1) is 20.6. The Balaban J connectivity index is 1.44. The Morgan fingerprint density at radius 3 is 2.93 bits per heavy atom. The van der Waals surface area contributed by atoms with Crippen LogP contribution >= 0.6 is 23.2 Å². The molecule has 0 radical (unpaired) electrons. The maximum absolute atomic E-state index is 12.7. The summed E-state index contributed by atoms with van der Waals surface area (Å²) in [5.41, 5.74) is 3.88. The summed E-state index contributed by atoms with van der Waals surface area (Å²) < 4.78 is 0. The van der Waals surface area contributed by atoms with Crippen molar-refractivity contribution < 1.29 is 9.59 Å². The first-order valence-electron chi connectivity index (χ1n) is 9.90. The van der Waals surface area contributed by atoms with Crippen LogP contribution in [0.15, 0.2) is 42.6 Å². The van der Waals surface area contributed by atoms with Crippen LogP contribution in [0.2, 0.25) is 10.0 Å². The number of halogens is 2. The third-order valence-electron chi connectivity index (χ3n) is 5.33. The molecule has 0 saturated carbocycles. The van der Waals surface area contributed by atoms with Gasteiger partial charge >= 0.3 is 0 Å². The van der Waals surface area contributed by atoms with Gasteiger partial charge in [-0.3, -0.25) is 9.59 Å². The molecule has 154 valence electrons. The highest BCUT2D eigenvalue weighted by molar-refractivity contribution is 6.43. The molecular formula is C23H21Cl2N3O2. The molecule has 1 aromatic heterocycles. The van der Waals surface area contributed by atoms with Crippen molar-refractivity contribution in [3.63, 3.8) is 0 Å². The second-order valence-corrected chi connectivity index (χ2v) is 8.16. The van der Waals surface area contributed by atoms with Gasteiger partial charge in [-0.05, 0) is 59.7 Å². The fraction of sp³-hybridized carbons (Fsp3) is 0.261. The minimum atomic E-state index is -0.0456. The Labute approximate surface area is 185 Å². The van der Waals surface area contributed by atoms with E-state index < -0.39 is 0 Å². The SMILES string of the molecule is O=C1CCc2cc(C=CC(=O)N3CC=C(c4cccc(Cl)c4Cl)CCC3)cnc2N1. The predicted molar refractivity (Wildman–Crippen MR) is 120 cm³/mol. The van der Waals surface area contributed by atoms with Crippen molar-refractivity contribution in [2.45, 2.75) is 25.7 Å². The average molecular weight is 442 g/mol. The van der Waals surface area contributed by atoms with Crippen LogP contribution < -0.4 is 5.32 Å². The number of aromatic nitrogens is 1. The van der Waals surface area contributed by atoms with Gasteiger partial charge in [0.05, 0.1) is 10.0 Å². The molecule has 4 rings (SSSR count). The van der Waals surface area contributed by atoms with Gasteiger partial charge < -0.3 is 10.2 Å². The molecule has 0 aliphatic carbocycles. The number of hydrogen-bond donors (Lipinski definition) is 1. The maximum Gasteiger partial charge on any atom is 0.246 e. The molecule has 5 nitrogen and oxygen atoms in total. The molecule has 0 saturated heterocycles. The van der Waals surface area contributed by atoms with E-state index in [2.05, 4.69) is 16.4 Å². The van der Waals surface area contributed by atoms with E-state index in [-0.39, 0.29) is 11.8 Å². The highest BCUT2D eigenvalue weighted by Gasteiger charge is 2.18. The van der Waals surface area contributed by atoms with Gasteiger partial charge in [0.15, 0.2) is 0 Å². The molecule has 2 aromatic rings. The number of amides is 2. The van der Waals surface area contributed by atoms with E-state index in [1.807, 2.05) is 23.1 Å². The van der Waals surface area contributed by atoms with E-state index in [1.54, 1.807) is 24.4 Å². The molecule has 7 heteroatoms. The first-order valence-corrected chi connectivity index (χ1v) is 10.7. The topological polar surface area (TPSA) is 62.3 Å². The minimum absolute atomic E-state index is 0.0129. The summed E-state index contributed by atoms with van der Waals surface area (Å²) in [6.07, 6.45) is 9.89. The maximum atomic E-state index is 12.7. The predicted octanol–water partition coefficient (Wildman–Crippen LogP) is 4.99. The number of rotatable bonds is 3. The molecule has 0 atom stereocenters. The number of allylic oxidation sites excluding steroid dienone is 1. The third kappa shape index (κ3) is 4.58. The lowest BCUT2D eigenvalue weighted by atomic mass is 10.0. The monoisotopic (exact) mass is 441 g/mol. The van der Waals surface area contributed by atoms with Crippen LogP contribution in [0.3, 0.4) is 0 Å². The summed E-state index contributed by atoms with van der Waals surface area (Å²) in [5, 5.41) is 3.85. The highest BCUT2D eigenvalue weighted by Crippen LogP contribution is 2.33. The van der Waals surface area contributed by atoms with Crippen molar-refractivity contribution in [3.8, 4) is 0 Å². The molecule has 2 aliphatic rings. The van der Waals surface area contributed by atoms with Crippen LogP contribution in [-0.2, 0) is 16.0 Å². The average Bonchev–Trinajstić information content (AvgIpc) is 3.00. The van der Waals surface area contributed by atoms with Crippen LogP contribution in [-0.4, -0.2) is 34.8 Å². The zero-order valence-electron chi connectivity index (χ0n) is 16.3. The largest absolute Gasteiger partial charge is 0.335 e. The van der Waals surface area contributed by atoms with Gasteiger partial charge in [-0.2, -0.15) is 0 Å². The van der Waals surface area contributed by atoms with Gasteiger partial charge in [-0.15, -0.1) is 0 Å². The lowest BCUT2D eigenvalue weighted by Crippen LogP contribution is -2.29. The number of aryl methyl sites for hydroxylation is 1. The standard InChI is InChI=1S/C23H21Cl2N3O2/c24-19-5-1-4-18(22(19)25)16-3-2-11-28(12-10-16)21(30)9-6-15-13-17-7-8-20(29)27-23(17)26-14-15/h1,4-6,9-10,13-14H,2-3,7-8,11-12H2,(H,26,27,29). The fourth-order valence-corrected chi connectivity index (χ4v) is 4.13. The fourth-order valence-electron chi connectivity index (χ4n) is 3.71. The van der Waals surface area contributed by atoms with Crippen LogP contribution in [0.1, 0.15) is 36.0 Å². The van der Waals surface area contributed by atoms with Gasteiger partial charge in [0.2, 0.25) is 11.8 Å². The second kappa shape index (κ2) is 9.02. The molecule has 0 fully saturated rings. The summed E-state index contributed by atoms with van der Waals surface area (Å²) in [4.78, 5) is 30.3. The van der Waals surface area contributed by atoms with E-state index in [0.29, 0.717) is 41.8 Å². The number of carbonyl (C=O) groups is 2. The third-order valence-corrected chi connectivity index (χ3v) is 6.15. The molecule has 30 heavy (non-hydrogen) atoms. The Morgan fingerprint density at radius 2 is 2.07 bits per heavy atom. The first-order chi connectivity index (χ1) is 14.5. The number of pyridine rings is 1. The summed E-state index contributed by atoms with van der Waals surface area (Å²) in [5.74, 6) is 0.552. The van der Waals surface area contributed by atoms with Gasteiger partial charge in [-0.1, -0.05) is 41.4 Å². The van der Waals surface area contributed by atoms with Gasteiger partial charge in [0, 0.05) is 31.8 Å². The molecule has 2 aliphatic heterocycles. The Bertz CT molecular complexity index is 1060. The van der Waals surface area contributed by atoms with Crippen LogP contribution in [0.4, 0.5) is 5.82 Å². The number of nitrogens with one attached hydrogen (secondary N) is 1. The molecule has 2 amide bonds. The van der Waals surface area contributed by atoms with Gasteiger partial charge in [0.1, 0.15) is 5.82 Å². The van der Waals surface area contributed by atoms with Gasteiger partial charge in [0.25, 0.3) is 0 Å². The summed E-state index contributed by atoms with van der Waals surface area (Å²) in [7, 11) is 0. The summed E-state index contributed by atoms with van der Waals surface area (Å²) in [6, 6.07) is 7.59. The van der Waals surface area contributed by atoms with E-state index in [0.717, 1.165) is 35.1 Å². The quantitative estimate of drug-likeness (QED) is 0.682. The van der Waals surface area contributed by atoms with Crippen molar-refractivity contribution in [2.75, 3.05) is 18.4 Å². The van der Waals surface area contributed by atoms with E-state index >= 15 is 0 Å². The van der Waals surface area contributed by atoms with Crippen LogP contribution in [0.5, 0.6) is 0 Å². The molecule has 3 heterocycles. The van der Waals surface area contributed by atoms with E-state index in [1.165, 1.54) is 0 Å². The molecule has 0 spiro atoms. The normalized spacial score (nSPS) is 16.7. The number of benzene rings is 1. The molecule has 0 unspecified atom stereocenters. The van der Waals surface area contributed by atoms with Gasteiger partial charge in [-0.25, -0.2) is 4.98 Å². The van der Waals surface area contributed by atoms with Crippen molar-refractivity contribution in [2.24, 2.45) is 0 Å². The molecule has 1 N–H and O–H groups in total. The number of anilines is 1. The molecule has 0 bridgehead atoms. The number of carbonyl (C=O) groups excluding carboxylic acids is 2. The Kier molecular flexibility index (Phi) is 6.21.